The van der Waals surface area contributed by atoms with Crippen molar-refractivity contribution in [1.29, 1.82) is 0 Å². The van der Waals surface area contributed by atoms with Crippen LogP contribution in [0.25, 0.3) is 0 Å². The van der Waals surface area contributed by atoms with Crippen molar-refractivity contribution in [3.63, 3.8) is 0 Å². The summed E-state index contributed by atoms with van der Waals surface area (Å²) in [5, 5.41) is -0.926. The van der Waals surface area contributed by atoms with Gasteiger partial charge in [0.25, 0.3) is 0 Å². The molecule has 1 nitrogen and oxygen atoms in total. The van der Waals surface area contributed by atoms with E-state index in [-0.39, 0.29) is 5.56 Å². The molecule has 0 aromatic heterocycles. The Labute approximate surface area is 92.1 Å². The summed E-state index contributed by atoms with van der Waals surface area (Å²) in [6.07, 6.45) is 1.82. The highest BCUT2D eigenvalue weighted by Gasteiger charge is 2.52. The van der Waals surface area contributed by atoms with Gasteiger partial charge >= 0.3 is 5.51 Å². The molecule has 0 heterocycles. The first-order valence-corrected chi connectivity index (χ1v) is 7.47. The van der Waals surface area contributed by atoms with E-state index in [1.807, 2.05) is 0 Å². The van der Waals surface area contributed by atoms with Crippen molar-refractivity contribution < 1.29 is 18.0 Å². The minimum atomic E-state index is -4.59. The number of alkyl halides is 3. The second-order valence-electron chi connectivity index (χ2n) is 4.29. The van der Waals surface area contributed by atoms with Crippen LogP contribution >= 0.6 is 8.75 Å². The van der Waals surface area contributed by atoms with Crippen molar-refractivity contribution in [1.82, 2.24) is 0 Å². The Morgan fingerprint density at radius 3 is 2.00 bits per heavy atom. The standard InChI is InChI=1S/C11H13F3OS/c1-16(2,3,11(12,13)14)10(15)9-7-5-4-6-8-9/h4-8H,1H2,2-3H3. The zero-order valence-corrected chi connectivity index (χ0v) is 9.86. The molecule has 1 aromatic carbocycles. The molecule has 1 rings (SSSR count). The summed E-state index contributed by atoms with van der Waals surface area (Å²) in [6.45, 7) is 0. The van der Waals surface area contributed by atoms with E-state index < -0.39 is 19.4 Å². The maximum atomic E-state index is 12.9. The molecule has 0 saturated heterocycles. The van der Waals surface area contributed by atoms with Crippen LogP contribution < -0.4 is 0 Å². The van der Waals surface area contributed by atoms with Crippen molar-refractivity contribution in [2.75, 3.05) is 12.5 Å². The third kappa shape index (κ3) is 1.91. The van der Waals surface area contributed by atoms with Gasteiger partial charge in [-0.2, -0.15) is 13.2 Å². The van der Waals surface area contributed by atoms with Crippen molar-refractivity contribution in [3.8, 4) is 0 Å². The van der Waals surface area contributed by atoms with E-state index in [4.69, 9.17) is 0 Å². The topological polar surface area (TPSA) is 17.1 Å². The fraction of sp³-hybridized carbons (Fsp3) is 0.273. The van der Waals surface area contributed by atoms with Crippen LogP contribution in [-0.2, 0) is 0 Å². The van der Waals surface area contributed by atoms with Crippen LogP contribution in [0.1, 0.15) is 10.4 Å². The van der Waals surface area contributed by atoms with Gasteiger partial charge in [0.15, 0.2) is 0 Å². The number of benzene rings is 1. The Bertz CT molecular complexity index is 468. The second-order valence-corrected chi connectivity index (χ2v) is 9.51. The van der Waals surface area contributed by atoms with Crippen molar-refractivity contribution >= 4 is 19.7 Å². The van der Waals surface area contributed by atoms with E-state index in [9.17, 15) is 18.0 Å². The molecule has 0 spiro atoms. The molecule has 0 N–H and O–H groups in total. The molecule has 0 aliphatic carbocycles. The molecule has 0 atom stereocenters. The largest absolute Gasteiger partial charge is 0.428 e. The van der Waals surface area contributed by atoms with E-state index in [1.54, 1.807) is 6.07 Å². The van der Waals surface area contributed by atoms with Crippen LogP contribution in [-0.4, -0.2) is 29.0 Å². The third-order valence-electron chi connectivity index (χ3n) is 2.35. The Balaban J connectivity index is 3.33. The highest BCUT2D eigenvalue weighted by atomic mass is 32.3. The predicted molar refractivity (Wildman–Crippen MR) is 63.4 cm³/mol. The molecular weight excluding hydrogens is 237 g/mol. The van der Waals surface area contributed by atoms with Gasteiger partial charge < -0.3 is 0 Å². The number of halogens is 3. The number of rotatable bonds is 1. The van der Waals surface area contributed by atoms with E-state index in [0.717, 1.165) is 12.5 Å². The predicted octanol–water partition coefficient (Wildman–Crippen LogP) is 3.38. The summed E-state index contributed by atoms with van der Waals surface area (Å²) in [5.74, 6) is 3.18. The molecule has 0 amide bonds. The van der Waals surface area contributed by atoms with Gasteiger partial charge in [0.05, 0.1) is 0 Å². The summed E-state index contributed by atoms with van der Waals surface area (Å²) >= 11 is 0. The van der Waals surface area contributed by atoms with Crippen LogP contribution in [0.15, 0.2) is 30.3 Å². The molecule has 0 aliphatic rings. The Hall–Kier alpha value is -1.10. The minimum Gasteiger partial charge on any atom is -0.283 e. The van der Waals surface area contributed by atoms with Crippen molar-refractivity contribution in [2.45, 2.75) is 5.51 Å². The van der Waals surface area contributed by atoms with Gasteiger partial charge in [0.2, 0.25) is 5.12 Å². The van der Waals surface area contributed by atoms with E-state index in [0.29, 0.717) is 0 Å². The molecule has 90 valence electrons. The molecular formula is C11H13F3OS. The summed E-state index contributed by atoms with van der Waals surface area (Å²) in [6, 6.07) is 7.47. The maximum Gasteiger partial charge on any atom is 0.428 e. The summed E-state index contributed by atoms with van der Waals surface area (Å²) in [4.78, 5) is 11.9. The first-order valence-electron chi connectivity index (χ1n) is 4.45. The van der Waals surface area contributed by atoms with Gasteiger partial charge in [0.1, 0.15) is 0 Å². The SMILES string of the molecule is C=S(C)(C)(C(=O)c1ccccc1)C(F)(F)F. The lowest BCUT2D eigenvalue weighted by Crippen LogP contribution is -2.31. The number of hydrogen-bond acceptors (Lipinski definition) is 1. The fourth-order valence-electron chi connectivity index (χ4n) is 1.06. The number of hydrogen-bond donors (Lipinski definition) is 0. The molecule has 0 bridgehead atoms. The molecule has 0 aliphatic heterocycles. The minimum absolute atomic E-state index is 0.0572. The fourth-order valence-corrected chi connectivity index (χ4v) is 2.16. The van der Waals surface area contributed by atoms with Gasteiger partial charge in [-0.1, -0.05) is 36.2 Å². The van der Waals surface area contributed by atoms with E-state index >= 15 is 0 Å². The zero-order chi connectivity index (χ0) is 12.6. The molecule has 0 fully saturated rings. The Morgan fingerprint density at radius 2 is 1.62 bits per heavy atom. The van der Waals surface area contributed by atoms with Crippen molar-refractivity contribution in [2.24, 2.45) is 0 Å². The quantitative estimate of drug-likeness (QED) is 0.698. The first-order chi connectivity index (χ1) is 7.05. The van der Waals surface area contributed by atoms with E-state index in [1.165, 1.54) is 24.3 Å². The highest BCUT2D eigenvalue weighted by molar-refractivity contribution is 8.57. The Morgan fingerprint density at radius 1 is 1.19 bits per heavy atom. The van der Waals surface area contributed by atoms with Crippen molar-refractivity contribution in [3.05, 3.63) is 35.9 Å². The van der Waals surface area contributed by atoms with Crippen LogP contribution in [0.3, 0.4) is 0 Å². The molecule has 0 unspecified atom stereocenters. The normalized spacial score (nSPS) is 15.2. The molecule has 16 heavy (non-hydrogen) atoms. The van der Waals surface area contributed by atoms with Gasteiger partial charge in [-0.25, -0.2) is 0 Å². The van der Waals surface area contributed by atoms with Crippen LogP contribution in [0.2, 0.25) is 0 Å². The average molecular weight is 250 g/mol. The van der Waals surface area contributed by atoms with Crippen LogP contribution in [0.4, 0.5) is 13.2 Å². The zero-order valence-electron chi connectivity index (χ0n) is 9.04. The maximum absolute atomic E-state index is 12.9. The van der Waals surface area contributed by atoms with Gasteiger partial charge in [-0.05, 0) is 12.5 Å². The molecule has 1 aromatic rings. The second kappa shape index (κ2) is 3.45. The molecule has 0 saturated carbocycles. The van der Waals surface area contributed by atoms with Gasteiger partial charge in [-0.3, -0.25) is 4.79 Å². The van der Waals surface area contributed by atoms with E-state index in [2.05, 4.69) is 5.87 Å². The highest BCUT2D eigenvalue weighted by Crippen LogP contribution is 2.65. The van der Waals surface area contributed by atoms with Gasteiger partial charge in [-0.15, -0.1) is 8.75 Å². The summed E-state index contributed by atoms with van der Waals surface area (Å²) < 4.78 is 38.8. The lowest BCUT2D eigenvalue weighted by Gasteiger charge is -2.40. The smallest absolute Gasteiger partial charge is 0.283 e. The third-order valence-corrected chi connectivity index (χ3v) is 5.26. The lowest BCUT2D eigenvalue weighted by molar-refractivity contribution is -0.0375. The van der Waals surface area contributed by atoms with Crippen LogP contribution in [0.5, 0.6) is 0 Å². The lowest BCUT2D eigenvalue weighted by atomic mass is 10.2. The molecule has 5 heteroatoms. The summed E-state index contributed by atoms with van der Waals surface area (Å²) in [7, 11) is -4.35. The average Bonchev–Trinajstić information content (AvgIpc) is 2.15. The van der Waals surface area contributed by atoms with Gasteiger partial charge in [0, 0.05) is 5.56 Å². The first kappa shape index (κ1) is 13.0. The number of carbonyl (C=O) groups excluding carboxylic acids is 1. The monoisotopic (exact) mass is 250 g/mol. The number of carbonyl (C=O) groups is 1. The molecule has 0 radical (unpaired) electrons. The Kier molecular flexibility index (Phi) is 2.79. The summed E-state index contributed by atoms with van der Waals surface area (Å²) in [5.41, 5.74) is -4.54. The van der Waals surface area contributed by atoms with Crippen LogP contribution in [0, 0.1) is 0 Å².